The third-order valence-electron chi connectivity index (χ3n) is 5.40. The summed E-state index contributed by atoms with van der Waals surface area (Å²) in [7, 11) is 2.96. The SMILES string of the molecule is COc1cc(/C=C2\SC(=O)N(CC(=O)N3CCc4ccccc4C3)C2=O)cc(Cl)c1OC. The second kappa shape index (κ2) is 9.26. The number of methoxy groups -OCH3 is 2. The first-order chi connectivity index (χ1) is 15.4. The summed E-state index contributed by atoms with van der Waals surface area (Å²) < 4.78 is 10.5. The topological polar surface area (TPSA) is 76.2 Å². The van der Waals surface area contributed by atoms with E-state index in [2.05, 4.69) is 6.07 Å². The number of amides is 3. The van der Waals surface area contributed by atoms with E-state index in [0.717, 1.165) is 28.6 Å². The molecular formula is C23H21ClN2O5S. The van der Waals surface area contributed by atoms with E-state index in [0.29, 0.717) is 35.2 Å². The van der Waals surface area contributed by atoms with E-state index in [9.17, 15) is 14.4 Å². The van der Waals surface area contributed by atoms with Crippen LogP contribution in [-0.2, 0) is 22.6 Å². The van der Waals surface area contributed by atoms with Crippen molar-refractivity contribution in [2.24, 2.45) is 0 Å². The molecule has 4 rings (SSSR count). The molecule has 9 heteroatoms. The summed E-state index contributed by atoms with van der Waals surface area (Å²) in [6, 6.07) is 11.2. The van der Waals surface area contributed by atoms with Crippen molar-refractivity contribution in [2.45, 2.75) is 13.0 Å². The van der Waals surface area contributed by atoms with Crippen LogP contribution in [-0.4, -0.2) is 54.2 Å². The molecule has 0 unspecified atom stereocenters. The minimum atomic E-state index is -0.503. The Morgan fingerprint density at radius 2 is 1.91 bits per heavy atom. The van der Waals surface area contributed by atoms with Crippen molar-refractivity contribution in [3.8, 4) is 11.5 Å². The van der Waals surface area contributed by atoms with Crippen LogP contribution < -0.4 is 9.47 Å². The Kier molecular flexibility index (Phi) is 6.43. The highest BCUT2D eigenvalue weighted by Crippen LogP contribution is 2.38. The highest BCUT2D eigenvalue weighted by Gasteiger charge is 2.37. The fourth-order valence-corrected chi connectivity index (χ4v) is 4.89. The van der Waals surface area contributed by atoms with Gasteiger partial charge in [0.05, 0.1) is 24.1 Å². The maximum atomic E-state index is 12.9. The Bertz CT molecular complexity index is 1130. The lowest BCUT2D eigenvalue weighted by Gasteiger charge is -2.29. The van der Waals surface area contributed by atoms with Crippen molar-refractivity contribution in [3.05, 3.63) is 63.0 Å². The molecular weight excluding hydrogens is 452 g/mol. The van der Waals surface area contributed by atoms with Gasteiger partial charge in [-0.05, 0) is 53.1 Å². The van der Waals surface area contributed by atoms with Crippen LogP contribution in [0, 0.1) is 0 Å². The number of carbonyl (C=O) groups excluding carboxylic acids is 3. The fraction of sp³-hybridized carbons (Fsp3) is 0.261. The summed E-state index contributed by atoms with van der Waals surface area (Å²) in [4.78, 5) is 41.0. The van der Waals surface area contributed by atoms with Gasteiger partial charge in [0.25, 0.3) is 11.1 Å². The number of benzene rings is 2. The number of rotatable bonds is 5. The first-order valence-electron chi connectivity index (χ1n) is 9.92. The summed E-state index contributed by atoms with van der Waals surface area (Å²) in [5.74, 6) is 0.0352. The average molecular weight is 473 g/mol. The highest BCUT2D eigenvalue weighted by molar-refractivity contribution is 8.18. The van der Waals surface area contributed by atoms with Gasteiger partial charge in [-0.3, -0.25) is 19.3 Å². The number of nitrogens with zero attached hydrogens (tertiary/aromatic N) is 2. The van der Waals surface area contributed by atoms with Gasteiger partial charge in [-0.15, -0.1) is 0 Å². The average Bonchev–Trinajstić information content (AvgIpc) is 3.05. The first-order valence-corrected chi connectivity index (χ1v) is 11.1. The molecule has 0 saturated carbocycles. The minimum absolute atomic E-state index is 0.218. The Balaban J connectivity index is 1.49. The second-order valence-corrected chi connectivity index (χ2v) is 8.74. The van der Waals surface area contributed by atoms with Crippen LogP contribution in [0.25, 0.3) is 6.08 Å². The molecule has 32 heavy (non-hydrogen) atoms. The van der Waals surface area contributed by atoms with Crippen molar-refractivity contribution >= 4 is 46.5 Å². The zero-order valence-corrected chi connectivity index (χ0v) is 19.2. The van der Waals surface area contributed by atoms with Gasteiger partial charge in [-0.1, -0.05) is 35.9 Å². The zero-order valence-electron chi connectivity index (χ0n) is 17.6. The van der Waals surface area contributed by atoms with Gasteiger partial charge in [-0.2, -0.15) is 0 Å². The number of thioether (sulfide) groups is 1. The molecule has 2 aromatic rings. The predicted molar refractivity (Wildman–Crippen MR) is 123 cm³/mol. The fourth-order valence-electron chi connectivity index (χ4n) is 3.75. The smallest absolute Gasteiger partial charge is 0.294 e. The number of hydrogen-bond donors (Lipinski definition) is 0. The molecule has 0 aliphatic carbocycles. The lowest BCUT2D eigenvalue weighted by atomic mass is 10.00. The van der Waals surface area contributed by atoms with Crippen molar-refractivity contribution < 1.29 is 23.9 Å². The molecule has 0 N–H and O–H groups in total. The van der Waals surface area contributed by atoms with Gasteiger partial charge < -0.3 is 14.4 Å². The van der Waals surface area contributed by atoms with E-state index in [4.69, 9.17) is 21.1 Å². The number of halogens is 1. The monoisotopic (exact) mass is 472 g/mol. The molecule has 2 aromatic carbocycles. The van der Waals surface area contributed by atoms with E-state index in [-0.39, 0.29) is 17.4 Å². The van der Waals surface area contributed by atoms with Crippen molar-refractivity contribution in [1.29, 1.82) is 0 Å². The quantitative estimate of drug-likeness (QED) is 0.613. The van der Waals surface area contributed by atoms with Gasteiger partial charge >= 0.3 is 0 Å². The second-order valence-electron chi connectivity index (χ2n) is 7.34. The molecule has 166 valence electrons. The number of fused-ring (bicyclic) bond motifs is 1. The van der Waals surface area contributed by atoms with Crippen molar-refractivity contribution in [3.63, 3.8) is 0 Å². The van der Waals surface area contributed by atoms with Crippen LogP contribution in [0.2, 0.25) is 5.02 Å². The third kappa shape index (κ3) is 4.33. The maximum Gasteiger partial charge on any atom is 0.294 e. The lowest BCUT2D eigenvalue weighted by molar-refractivity contribution is -0.136. The van der Waals surface area contributed by atoms with Crippen LogP contribution in [0.3, 0.4) is 0 Å². The molecule has 0 spiro atoms. The molecule has 1 fully saturated rings. The summed E-state index contributed by atoms with van der Waals surface area (Å²) in [6.45, 7) is 0.758. The van der Waals surface area contributed by atoms with Crippen molar-refractivity contribution in [2.75, 3.05) is 27.3 Å². The molecule has 2 aliphatic rings. The zero-order chi connectivity index (χ0) is 22.8. The van der Waals surface area contributed by atoms with Crippen LogP contribution in [0.5, 0.6) is 11.5 Å². The third-order valence-corrected chi connectivity index (χ3v) is 6.59. The van der Waals surface area contributed by atoms with E-state index < -0.39 is 11.1 Å². The number of ether oxygens (including phenoxy) is 2. The molecule has 2 aliphatic heterocycles. The minimum Gasteiger partial charge on any atom is -0.493 e. The summed E-state index contributed by atoms with van der Waals surface area (Å²) in [6.07, 6.45) is 2.31. The molecule has 7 nitrogen and oxygen atoms in total. The number of imide groups is 1. The van der Waals surface area contributed by atoms with Crippen LogP contribution in [0.1, 0.15) is 16.7 Å². The van der Waals surface area contributed by atoms with Crippen LogP contribution in [0.15, 0.2) is 41.3 Å². The Morgan fingerprint density at radius 1 is 1.16 bits per heavy atom. The highest BCUT2D eigenvalue weighted by atomic mass is 35.5. The standard InChI is InChI=1S/C23H21ClN2O5S/c1-30-18-10-14(9-17(24)21(18)31-2)11-19-22(28)26(23(29)32-19)13-20(27)25-8-7-15-5-3-4-6-16(15)12-25/h3-6,9-11H,7-8,12-13H2,1-2H3/b19-11-. The summed E-state index contributed by atoms with van der Waals surface area (Å²) in [5.41, 5.74) is 2.89. The number of carbonyl (C=O) groups is 3. The molecule has 1 saturated heterocycles. The Hall–Kier alpha value is -2.97. The molecule has 0 aromatic heterocycles. The van der Waals surface area contributed by atoms with Crippen LogP contribution >= 0.6 is 23.4 Å². The Morgan fingerprint density at radius 3 is 2.62 bits per heavy atom. The molecule has 0 bridgehead atoms. The summed E-state index contributed by atoms with van der Waals surface area (Å²) in [5, 5.41) is -0.156. The van der Waals surface area contributed by atoms with E-state index >= 15 is 0 Å². The molecule has 0 radical (unpaired) electrons. The first kappa shape index (κ1) is 22.2. The maximum absolute atomic E-state index is 12.9. The van der Waals surface area contributed by atoms with E-state index in [1.165, 1.54) is 19.8 Å². The van der Waals surface area contributed by atoms with Gasteiger partial charge in [0.2, 0.25) is 5.91 Å². The molecule has 0 atom stereocenters. The summed E-state index contributed by atoms with van der Waals surface area (Å²) >= 11 is 7.03. The van der Waals surface area contributed by atoms with Crippen LogP contribution in [0.4, 0.5) is 4.79 Å². The lowest BCUT2D eigenvalue weighted by Crippen LogP contribution is -2.44. The van der Waals surface area contributed by atoms with Gasteiger partial charge in [0, 0.05) is 13.1 Å². The normalized spacial score (nSPS) is 17.0. The molecule has 3 amide bonds. The number of hydrogen-bond acceptors (Lipinski definition) is 6. The van der Waals surface area contributed by atoms with Gasteiger partial charge in [0.1, 0.15) is 6.54 Å². The van der Waals surface area contributed by atoms with E-state index in [1.54, 1.807) is 23.1 Å². The largest absolute Gasteiger partial charge is 0.493 e. The van der Waals surface area contributed by atoms with Gasteiger partial charge in [-0.25, -0.2) is 0 Å². The Labute approximate surface area is 194 Å². The van der Waals surface area contributed by atoms with E-state index in [1.807, 2.05) is 18.2 Å². The van der Waals surface area contributed by atoms with Gasteiger partial charge in [0.15, 0.2) is 11.5 Å². The predicted octanol–water partition coefficient (Wildman–Crippen LogP) is 3.98. The molecule has 2 heterocycles. The van der Waals surface area contributed by atoms with Crippen molar-refractivity contribution in [1.82, 2.24) is 9.80 Å².